The lowest BCUT2D eigenvalue weighted by Crippen LogP contribution is -2.27. The van der Waals surface area contributed by atoms with E-state index < -0.39 is 0 Å². The van der Waals surface area contributed by atoms with Crippen LogP contribution < -0.4 is 4.90 Å². The van der Waals surface area contributed by atoms with Gasteiger partial charge in [-0.25, -0.2) is 0 Å². The van der Waals surface area contributed by atoms with Crippen molar-refractivity contribution in [3.05, 3.63) is 28.2 Å². The van der Waals surface area contributed by atoms with Crippen LogP contribution in [0.1, 0.15) is 17.3 Å². The molecule has 0 unspecified atom stereocenters. The van der Waals surface area contributed by atoms with Gasteiger partial charge in [-0.1, -0.05) is 15.9 Å². The minimum Gasteiger partial charge on any atom is -0.304 e. The van der Waals surface area contributed by atoms with Crippen molar-refractivity contribution in [2.75, 3.05) is 11.4 Å². The Morgan fingerprint density at radius 2 is 2.21 bits per heavy atom. The smallest absolute Gasteiger partial charge is 0.224 e. The molecule has 0 saturated heterocycles. The summed E-state index contributed by atoms with van der Waals surface area (Å²) in [5, 5.41) is 0. The molecule has 0 atom stereocenters. The maximum Gasteiger partial charge on any atom is 0.224 e. The van der Waals surface area contributed by atoms with Gasteiger partial charge < -0.3 is 4.90 Å². The number of ketones is 1. The van der Waals surface area contributed by atoms with Gasteiger partial charge in [0.1, 0.15) is 0 Å². The maximum absolute atomic E-state index is 11.5. The summed E-state index contributed by atoms with van der Waals surface area (Å²) >= 11 is 3.31. The van der Waals surface area contributed by atoms with Gasteiger partial charge in [-0.05, 0) is 18.2 Å². The molecule has 1 aromatic carbocycles. The summed E-state index contributed by atoms with van der Waals surface area (Å²) in [5.41, 5.74) is 1.33. The largest absolute Gasteiger partial charge is 0.304 e. The van der Waals surface area contributed by atoms with Crippen molar-refractivity contribution < 1.29 is 9.59 Å². The monoisotopic (exact) mass is 253 g/mol. The van der Waals surface area contributed by atoms with Gasteiger partial charge in [-0.15, -0.1) is 0 Å². The number of rotatable bonds is 0. The lowest BCUT2D eigenvalue weighted by atomic mass is 10.1. The zero-order chi connectivity index (χ0) is 10.3. The number of nitrogens with zero attached hydrogens (tertiary/aromatic N) is 1. The molecule has 1 aliphatic heterocycles. The van der Waals surface area contributed by atoms with E-state index in [0.717, 1.165) is 4.47 Å². The minimum absolute atomic E-state index is 0.00250. The number of carbonyl (C=O) groups excluding carboxylic acids is 2. The van der Waals surface area contributed by atoms with Gasteiger partial charge in [0.25, 0.3) is 0 Å². The zero-order valence-electron chi connectivity index (χ0n) is 7.58. The molecule has 0 bridgehead atoms. The van der Waals surface area contributed by atoms with Crippen LogP contribution in [0.2, 0.25) is 0 Å². The Hall–Kier alpha value is -1.16. The third kappa shape index (κ3) is 1.35. The summed E-state index contributed by atoms with van der Waals surface area (Å²) in [5.74, 6) is -0.0992. The summed E-state index contributed by atoms with van der Waals surface area (Å²) < 4.78 is 0.872. The van der Waals surface area contributed by atoms with E-state index in [9.17, 15) is 9.59 Å². The van der Waals surface area contributed by atoms with Crippen molar-refractivity contribution in [2.45, 2.75) is 6.92 Å². The van der Waals surface area contributed by atoms with Crippen LogP contribution >= 0.6 is 15.9 Å². The van der Waals surface area contributed by atoms with Crippen molar-refractivity contribution in [3.8, 4) is 0 Å². The Balaban J connectivity index is 2.56. The predicted octanol–water partition coefficient (Wildman–Crippen LogP) is 2.00. The van der Waals surface area contributed by atoms with Crippen molar-refractivity contribution >= 4 is 33.3 Å². The highest BCUT2D eigenvalue weighted by Gasteiger charge is 2.28. The minimum atomic E-state index is -0.102. The molecule has 0 spiro atoms. The van der Waals surface area contributed by atoms with E-state index in [1.54, 1.807) is 18.2 Å². The highest BCUT2D eigenvalue weighted by Crippen LogP contribution is 2.30. The first-order valence-electron chi connectivity index (χ1n) is 4.20. The number of carbonyl (C=O) groups is 2. The van der Waals surface area contributed by atoms with E-state index in [1.807, 2.05) is 0 Å². The van der Waals surface area contributed by atoms with E-state index in [0.29, 0.717) is 11.3 Å². The molecule has 0 fully saturated rings. The fourth-order valence-electron chi connectivity index (χ4n) is 1.56. The van der Waals surface area contributed by atoms with E-state index in [-0.39, 0.29) is 18.2 Å². The van der Waals surface area contributed by atoms with Crippen LogP contribution in [0, 0.1) is 0 Å². The molecule has 1 heterocycles. The van der Waals surface area contributed by atoms with E-state index in [2.05, 4.69) is 15.9 Å². The van der Waals surface area contributed by atoms with Gasteiger partial charge in [0.2, 0.25) is 5.91 Å². The number of benzene rings is 1. The lowest BCUT2D eigenvalue weighted by Gasteiger charge is -2.13. The highest BCUT2D eigenvalue weighted by atomic mass is 79.9. The molecule has 0 aromatic heterocycles. The Morgan fingerprint density at radius 3 is 2.86 bits per heavy atom. The summed E-state index contributed by atoms with van der Waals surface area (Å²) in [4.78, 5) is 24.2. The molecule has 3 nitrogen and oxygen atoms in total. The van der Waals surface area contributed by atoms with Crippen LogP contribution in [0.3, 0.4) is 0 Å². The third-order valence-electron chi connectivity index (χ3n) is 2.23. The molecule has 1 aromatic rings. The maximum atomic E-state index is 11.5. The second kappa shape index (κ2) is 3.20. The third-order valence-corrected chi connectivity index (χ3v) is 2.73. The number of fused-ring (bicyclic) bond motifs is 1. The van der Waals surface area contributed by atoms with Gasteiger partial charge in [-0.2, -0.15) is 0 Å². The molecule has 0 N–H and O–H groups in total. The van der Waals surface area contributed by atoms with Crippen LogP contribution in [0.15, 0.2) is 22.7 Å². The molecule has 1 amide bonds. The molecule has 14 heavy (non-hydrogen) atoms. The fourth-order valence-corrected chi connectivity index (χ4v) is 1.91. The second-order valence-electron chi connectivity index (χ2n) is 3.19. The van der Waals surface area contributed by atoms with Crippen molar-refractivity contribution in [2.24, 2.45) is 0 Å². The fraction of sp³-hybridized carbons (Fsp3) is 0.200. The quantitative estimate of drug-likeness (QED) is 0.710. The van der Waals surface area contributed by atoms with E-state index in [1.165, 1.54) is 11.8 Å². The Morgan fingerprint density at radius 1 is 1.50 bits per heavy atom. The molecule has 1 aliphatic rings. The molecular formula is C10H8BrNO2. The number of hydrogen-bond donors (Lipinski definition) is 0. The first-order chi connectivity index (χ1) is 6.59. The van der Waals surface area contributed by atoms with Gasteiger partial charge in [0, 0.05) is 17.0 Å². The Kier molecular flexibility index (Phi) is 2.15. The van der Waals surface area contributed by atoms with Crippen LogP contribution in [-0.4, -0.2) is 18.2 Å². The number of Topliss-reactive ketones (excluding diaryl/α,β-unsaturated/α-hetero) is 1. The van der Waals surface area contributed by atoms with Gasteiger partial charge in [0.15, 0.2) is 5.78 Å². The van der Waals surface area contributed by atoms with Gasteiger partial charge in [-0.3, -0.25) is 9.59 Å². The predicted molar refractivity (Wildman–Crippen MR) is 56.5 cm³/mol. The van der Waals surface area contributed by atoms with Crippen LogP contribution in [0.5, 0.6) is 0 Å². The molecular weight excluding hydrogens is 246 g/mol. The van der Waals surface area contributed by atoms with Crippen molar-refractivity contribution in [1.29, 1.82) is 0 Å². The normalized spacial score (nSPS) is 14.4. The highest BCUT2D eigenvalue weighted by molar-refractivity contribution is 9.10. The number of amides is 1. The molecule has 0 aliphatic carbocycles. The van der Waals surface area contributed by atoms with Crippen LogP contribution in [0.4, 0.5) is 5.69 Å². The van der Waals surface area contributed by atoms with Crippen molar-refractivity contribution in [1.82, 2.24) is 0 Å². The zero-order valence-corrected chi connectivity index (χ0v) is 9.17. The average Bonchev–Trinajstić information content (AvgIpc) is 2.43. The first kappa shape index (κ1) is 9.40. The van der Waals surface area contributed by atoms with Gasteiger partial charge >= 0.3 is 0 Å². The number of halogens is 1. The topological polar surface area (TPSA) is 37.4 Å². The number of anilines is 1. The first-order valence-corrected chi connectivity index (χ1v) is 5.00. The summed E-state index contributed by atoms with van der Waals surface area (Å²) in [6.07, 6.45) is 0. The molecule has 0 saturated carbocycles. The second-order valence-corrected chi connectivity index (χ2v) is 4.11. The molecule has 4 heteroatoms. The Bertz CT molecular complexity index is 428. The van der Waals surface area contributed by atoms with Crippen LogP contribution in [0.25, 0.3) is 0 Å². The van der Waals surface area contributed by atoms with Crippen molar-refractivity contribution in [3.63, 3.8) is 0 Å². The molecule has 72 valence electrons. The summed E-state index contributed by atoms with van der Waals surface area (Å²) in [6, 6.07) is 5.34. The SMILES string of the molecule is CC(=O)N1CC(=O)c2ccc(Br)cc21. The molecule has 0 radical (unpaired) electrons. The summed E-state index contributed by atoms with van der Waals surface area (Å²) in [6.45, 7) is 1.63. The standard InChI is InChI=1S/C10H8BrNO2/c1-6(13)12-5-10(14)8-3-2-7(11)4-9(8)12/h2-4H,5H2,1H3. The molecule has 2 rings (SSSR count). The average molecular weight is 254 g/mol. The lowest BCUT2D eigenvalue weighted by molar-refractivity contribution is -0.116. The number of hydrogen-bond acceptors (Lipinski definition) is 2. The van der Waals surface area contributed by atoms with Gasteiger partial charge in [0.05, 0.1) is 12.2 Å². The summed E-state index contributed by atoms with van der Waals surface area (Å²) in [7, 11) is 0. The van der Waals surface area contributed by atoms with E-state index in [4.69, 9.17) is 0 Å². The van der Waals surface area contributed by atoms with E-state index >= 15 is 0 Å². The Labute approximate surface area is 89.8 Å². The van der Waals surface area contributed by atoms with Crippen LogP contribution in [-0.2, 0) is 4.79 Å².